The number of aliphatic hydroxyl groups excluding tert-OH is 1. The molecule has 0 radical (unpaired) electrons. The number of carbonyl (C=O) groups excluding carboxylic acids is 1. The van der Waals surface area contributed by atoms with Gasteiger partial charge in [-0.05, 0) is 50.3 Å². The molecule has 1 saturated heterocycles. The van der Waals surface area contributed by atoms with Gasteiger partial charge in [-0.25, -0.2) is 9.18 Å². The van der Waals surface area contributed by atoms with Crippen LogP contribution in [0.1, 0.15) is 31.2 Å². The number of aryl methyl sites for hydroxylation is 1. The van der Waals surface area contributed by atoms with E-state index in [1.54, 1.807) is 6.07 Å². The molecule has 2 aliphatic rings. The van der Waals surface area contributed by atoms with Gasteiger partial charge in [0.25, 0.3) is 0 Å². The molecular formula is C18H26FN3O2. The van der Waals surface area contributed by atoms with E-state index < -0.39 is 0 Å². The van der Waals surface area contributed by atoms with Crippen molar-refractivity contribution in [3.8, 4) is 0 Å². The maximum absolute atomic E-state index is 14.1. The van der Waals surface area contributed by atoms with Gasteiger partial charge in [0.05, 0.1) is 12.3 Å². The third-order valence-corrected chi connectivity index (χ3v) is 5.12. The molecule has 2 amide bonds. The molecule has 1 heterocycles. The lowest BCUT2D eigenvalue weighted by Crippen LogP contribution is -2.51. The quantitative estimate of drug-likeness (QED) is 0.773. The Hall–Kier alpha value is -1.82. The number of rotatable bonds is 5. The molecule has 3 N–H and O–H groups in total. The van der Waals surface area contributed by atoms with Crippen molar-refractivity contribution in [2.24, 2.45) is 5.41 Å². The van der Waals surface area contributed by atoms with E-state index in [4.69, 9.17) is 0 Å². The predicted molar refractivity (Wildman–Crippen MR) is 91.7 cm³/mol. The Balaban J connectivity index is 1.53. The lowest BCUT2D eigenvalue weighted by atomic mass is 10.0. The van der Waals surface area contributed by atoms with Crippen molar-refractivity contribution >= 4 is 11.7 Å². The fourth-order valence-electron chi connectivity index (χ4n) is 3.25. The number of halogens is 1. The minimum Gasteiger partial charge on any atom is -0.396 e. The second-order valence-corrected chi connectivity index (χ2v) is 7.23. The number of nitrogens with zero attached hydrogens (tertiary/aromatic N) is 1. The molecule has 1 unspecified atom stereocenters. The van der Waals surface area contributed by atoms with Crippen LogP contribution in [0.2, 0.25) is 0 Å². The lowest BCUT2D eigenvalue weighted by Gasteiger charge is -2.35. The van der Waals surface area contributed by atoms with E-state index in [1.165, 1.54) is 6.07 Å². The van der Waals surface area contributed by atoms with Crippen LogP contribution >= 0.6 is 0 Å². The smallest absolute Gasteiger partial charge is 0.315 e. The minimum atomic E-state index is -0.218. The Morgan fingerprint density at radius 2 is 2.25 bits per heavy atom. The van der Waals surface area contributed by atoms with E-state index in [0.29, 0.717) is 18.8 Å². The van der Waals surface area contributed by atoms with Crippen LogP contribution in [0.15, 0.2) is 18.2 Å². The first-order valence-electron chi connectivity index (χ1n) is 8.68. The van der Waals surface area contributed by atoms with Gasteiger partial charge in [0.15, 0.2) is 0 Å². The third-order valence-electron chi connectivity index (χ3n) is 5.12. The number of carbonyl (C=O) groups is 1. The van der Waals surface area contributed by atoms with E-state index in [2.05, 4.69) is 10.6 Å². The molecule has 3 rings (SSSR count). The zero-order valence-electron chi connectivity index (χ0n) is 14.1. The fraction of sp³-hybridized carbons (Fsp3) is 0.611. The normalized spacial score (nSPS) is 22.1. The van der Waals surface area contributed by atoms with Gasteiger partial charge in [0, 0.05) is 31.1 Å². The highest BCUT2D eigenvalue weighted by molar-refractivity contribution is 5.74. The Labute approximate surface area is 142 Å². The van der Waals surface area contributed by atoms with Gasteiger partial charge in [-0.1, -0.05) is 6.07 Å². The summed E-state index contributed by atoms with van der Waals surface area (Å²) >= 11 is 0. The Bertz CT molecular complexity index is 604. The van der Waals surface area contributed by atoms with Gasteiger partial charge in [0.2, 0.25) is 0 Å². The summed E-state index contributed by atoms with van der Waals surface area (Å²) in [7, 11) is 0. The number of benzene rings is 1. The molecule has 1 saturated carbocycles. The van der Waals surface area contributed by atoms with Crippen molar-refractivity contribution in [2.45, 2.75) is 38.6 Å². The van der Waals surface area contributed by atoms with E-state index in [0.717, 1.165) is 37.8 Å². The highest BCUT2D eigenvalue weighted by Gasteiger charge is 2.42. The Morgan fingerprint density at radius 3 is 2.96 bits per heavy atom. The monoisotopic (exact) mass is 335 g/mol. The number of piperidine rings is 1. The van der Waals surface area contributed by atoms with E-state index in [1.807, 2.05) is 17.9 Å². The summed E-state index contributed by atoms with van der Waals surface area (Å²) in [6.07, 6.45) is 3.74. The number of hydrogen-bond donors (Lipinski definition) is 3. The van der Waals surface area contributed by atoms with Crippen LogP contribution in [-0.4, -0.2) is 43.4 Å². The molecular weight excluding hydrogens is 309 g/mol. The summed E-state index contributed by atoms with van der Waals surface area (Å²) < 4.78 is 14.1. The van der Waals surface area contributed by atoms with Crippen LogP contribution < -0.4 is 15.5 Å². The first-order chi connectivity index (χ1) is 11.5. The fourth-order valence-corrected chi connectivity index (χ4v) is 3.25. The van der Waals surface area contributed by atoms with Crippen LogP contribution in [-0.2, 0) is 0 Å². The largest absolute Gasteiger partial charge is 0.396 e. The first kappa shape index (κ1) is 17.0. The second-order valence-electron chi connectivity index (χ2n) is 7.23. The average molecular weight is 335 g/mol. The molecule has 6 heteroatoms. The SMILES string of the molecule is Cc1ccc(F)c(N2CCCC(NC(=O)NCC3(CO)CC3)C2)c1. The maximum atomic E-state index is 14.1. The van der Waals surface area contributed by atoms with Crippen molar-refractivity contribution in [2.75, 3.05) is 31.1 Å². The molecule has 1 aromatic carbocycles. The highest BCUT2D eigenvalue weighted by atomic mass is 19.1. The summed E-state index contributed by atoms with van der Waals surface area (Å²) in [6, 6.07) is 4.92. The number of nitrogens with one attached hydrogen (secondary N) is 2. The molecule has 1 aromatic rings. The van der Waals surface area contributed by atoms with Crippen LogP contribution in [0, 0.1) is 18.2 Å². The van der Waals surface area contributed by atoms with Crippen molar-refractivity contribution in [1.82, 2.24) is 10.6 Å². The van der Waals surface area contributed by atoms with Crippen molar-refractivity contribution < 1.29 is 14.3 Å². The molecule has 0 aromatic heterocycles. The molecule has 5 nitrogen and oxygen atoms in total. The van der Waals surface area contributed by atoms with Crippen LogP contribution in [0.5, 0.6) is 0 Å². The number of aliphatic hydroxyl groups is 1. The standard InChI is InChI=1S/C18H26FN3O2/c1-13-4-5-15(19)16(9-13)22-8-2-3-14(10-22)21-17(24)20-11-18(12-23)6-7-18/h4-5,9,14,23H,2-3,6-8,10-12H2,1H3,(H2,20,21,24). The van der Waals surface area contributed by atoms with Gasteiger partial charge in [-0.2, -0.15) is 0 Å². The maximum Gasteiger partial charge on any atom is 0.315 e. The molecule has 1 atom stereocenters. The second kappa shape index (κ2) is 6.97. The minimum absolute atomic E-state index is 0.00272. The summed E-state index contributed by atoms with van der Waals surface area (Å²) in [5.41, 5.74) is 1.54. The summed E-state index contributed by atoms with van der Waals surface area (Å²) in [4.78, 5) is 14.1. The Morgan fingerprint density at radius 1 is 1.46 bits per heavy atom. The molecule has 132 valence electrons. The predicted octanol–water partition coefficient (Wildman–Crippen LogP) is 2.17. The van der Waals surface area contributed by atoms with Gasteiger partial charge in [-0.3, -0.25) is 0 Å². The van der Waals surface area contributed by atoms with Crippen LogP contribution in [0.3, 0.4) is 0 Å². The topological polar surface area (TPSA) is 64.6 Å². The molecule has 0 spiro atoms. The Kier molecular flexibility index (Phi) is 4.94. The molecule has 1 aliphatic heterocycles. The van der Waals surface area contributed by atoms with Crippen molar-refractivity contribution in [3.63, 3.8) is 0 Å². The summed E-state index contributed by atoms with van der Waals surface area (Å²) in [5.74, 6) is -0.218. The summed E-state index contributed by atoms with van der Waals surface area (Å²) in [6.45, 7) is 3.99. The van der Waals surface area contributed by atoms with E-state index in [9.17, 15) is 14.3 Å². The molecule has 1 aliphatic carbocycles. The molecule has 24 heavy (non-hydrogen) atoms. The van der Waals surface area contributed by atoms with Crippen molar-refractivity contribution in [1.29, 1.82) is 0 Å². The van der Waals surface area contributed by atoms with Gasteiger partial charge in [0.1, 0.15) is 5.82 Å². The number of amides is 2. The first-order valence-corrected chi connectivity index (χ1v) is 8.68. The zero-order valence-corrected chi connectivity index (χ0v) is 14.1. The molecule has 0 bridgehead atoms. The molecule has 2 fully saturated rings. The van der Waals surface area contributed by atoms with Gasteiger partial charge < -0.3 is 20.6 Å². The van der Waals surface area contributed by atoms with Gasteiger partial charge >= 0.3 is 6.03 Å². The van der Waals surface area contributed by atoms with Gasteiger partial charge in [-0.15, -0.1) is 0 Å². The number of hydrogen-bond acceptors (Lipinski definition) is 3. The van der Waals surface area contributed by atoms with E-state index in [-0.39, 0.29) is 29.9 Å². The number of urea groups is 1. The van der Waals surface area contributed by atoms with Crippen molar-refractivity contribution in [3.05, 3.63) is 29.6 Å². The number of anilines is 1. The van der Waals surface area contributed by atoms with E-state index >= 15 is 0 Å². The third kappa shape index (κ3) is 3.98. The highest BCUT2D eigenvalue weighted by Crippen LogP contribution is 2.44. The van der Waals surface area contributed by atoms with Crippen LogP contribution in [0.4, 0.5) is 14.9 Å². The zero-order chi connectivity index (χ0) is 17.2. The van der Waals surface area contributed by atoms with Crippen LogP contribution in [0.25, 0.3) is 0 Å². The lowest BCUT2D eigenvalue weighted by molar-refractivity contribution is 0.201. The average Bonchev–Trinajstić information content (AvgIpc) is 3.36. The summed E-state index contributed by atoms with van der Waals surface area (Å²) in [5, 5.41) is 15.1.